The summed E-state index contributed by atoms with van der Waals surface area (Å²) in [5.41, 5.74) is 1.12. The summed E-state index contributed by atoms with van der Waals surface area (Å²) in [5, 5.41) is 13.1. The van der Waals surface area contributed by atoms with E-state index in [0.717, 1.165) is 31.4 Å². The van der Waals surface area contributed by atoms with E-state index in [4.69, 9.17) is 33.0 Å². The maximum Gasteiger partial charge on any atom is 0.140 e. The van der Waals surface area contributed by atoms with E-state index in [-0.39, 0.29) is 12.7 Å². The summed E-state index contributed by atoms with van der Waals surface area (Å²) in [6.45, 7) is 1.69. The summed E-state index contributed by atoms with van der Waals surface area (Å²) >= 11 is 12.3. The van der Waals surface area contributed by atoms with Gasteiger partial charge in [0.25, 0.3) is 0 Å². The van der Waals surface area contributed by atoms with Crippen molar-refractivity contribution in [3.05, 3.63) is 64.1 Å². The highest BCUT2D eigenvalue weighted by atomic mass is 35.5. The van der Waals surface area contributed by atoms with Gasteiger partial charge in [-0.25, -0.2) is 0 Å². The Balaban J connectivity index is 1.99. The highest BCUT2D eigenvalue weighted by Crippen LogP contribution is 2.33. The molecule has 5 heteroatoms. The molecule has 2 N–H and O–H groups in total. The number of benzene rings is 2. The fourth-order valence-corrected chi connectivity index (χ4v) is 2.79. The molecule has 2 rings (SSSR count). The molecule has 24 heavy (non-hydrogen) atoms. The number of halogens is 2. The minimum absolute atomic E-state index is 0.0694. The first-order chi connectivity index (χ1) is 11.7. The van der Waals surface area contributed by atoms with Crippen LogP contribution < -0.4 is 10.1 Å². The van der Waals surface area contributed by atoms with E-state index in [2.05, 4.69) is 17.4 Å². The Labute approximate surface area is 153 Å². The van der Waals surface area contributed by atoms with Crippen LogP contribution in [0.25, 0.3) is 0 Å². The fraction of sp³-hybridized carbons (Fsp3) is 0.368. The standard InChI is InChI=1S/C19H23Cl2NO2/c20-16-9-10-17(21)19(14-16)24-18(15-6-2-1-3-7-15)8-4-5-11-22-12-13-23/h1-3,6-7,9-10,14,18,22-23H,4-5,8,11-13H2. The molecule has 0 saturated heterocycles. The van der Waals surface area contributed by atoms with E-state index < -0.39 is 0 Å². The van der Waals surface area contributed by atoms with Crippen LogP contribution in [0, 0.1) is 0 Å². The van der Waals surface area contributed by atoms with Crippen LogP contribution in [0.3, 0.4) is 0 Å². The van der Waals surface area contributed by atoms with Crippen molar-refractivity contribution >= 4 is 23.2 Å². The number of hydrogen-bond donors (Lipinski definition) is 2. The van der Waals surface area contributed by atoms with Gasteiger partial charge in [0.2, 0.25) is 0 Å². The second kappa shape index (κ2) is 10.6. The van der Waals surface area contributed by atoms with Crippen LogP contribution >= 0.6 is 23.2 Å². The monoisotopic (exact) mass is 367 g/mol. The molecule has 3 nitrogen and oxygen atoms in total. The highest BCUT2D eigenvalue weighted by molar-refractivity contribution is 6.34. The molecule has 0 spiro atoms. The molecule has 1 atom stereocenters. The van der Waals surface area contributed by atoms with Gasteiger partial charge in [-0.1, -0.05) is 53.5 Å². The number of aliphatic hydroxyl groups is 1. The van der Waals surface area contributed by atoms with Gasteiger partial charge in [-0.15, -0.1) is 0 Å². The molecule has 0 radical (unpaired) electrons. The van der Waals surface area contributed by atoms with E-state index in [1.165, 1.54) is 0 Å². The van der Waals surface area contributed by atoms with Crippen molar-refractivity contribution in [1.82, 2.24) is 5.32 Å². The second-order valence-electron chi connectivity index (χ2n) is 5.56. The van der Waals surface area contributed by atoms with E-state index in [9.17, 15) is 0 Å². The average Bonchev–Trinajstić information content (AvgIpc) is 2.60. The van der Waals surface area contributed by atoms with Crippen LogP contribution in [0.15, 0.2) is 48.5 Å². The second-order valence-corrected chi connectivity index (χ2v) is 6.40. The van der Waals surface area contributed by atoms with Crippen LogP contribution in [0.2, 0.25) is 10.0 Å². The zero-order chi connectivity index (χ0) is 17.2. The highest BCUT2D eigenvalue weighted by Gasteiger charge is 2.15. The van der Waals surface area contributed by atoms with E-state index in [1.54, 1.807) is 18.2 Å². The van der Waals surface area contributed by atoms with Crippen LogP contribution in [-0.2, 0) is 0 Å². The molecule has 0 heterocycles. The maximum atomic E-state index is 8.77. The molecule has 0 aliphatic rings. The maximum absolute atomic E-state index is 8.77. The molecule has 0 saturated carbocycles. The zero-order valence-corrected chi connectivity index (χ0v) is 15.1. The van der Waals surface area contributed by atoms with E-state index >= 15 is 0 Å². The van der Waals surface area contributed by atoms with Crippen molar-refractivity contribution in [2.45, 2.75) is 25.4 Å². The first kappa shape index (κ1) is 19.1. The Morgan fingerprint density at radius 3 is 2.54 bits per heavy atom. The van der Waals surface area contributed by atoms with Gasteiger partial charge in [-0.05, 0) is 43.5 Å². The summed E-state index contributed by atoms with van der Waals surface area (Å²) in [6.07, 6.45) is 2.85. The van der Waals surface area contributed by atoms with Crippen LogP contribution in [0.5, 0.6) is 5.75 Å². The predicted octanol–water partition coefficient (Wildman–Crippen LogP) is 4.87. The quantitative estimate of drug-likeness (QED) is 0.588. The minimum atomic E-state index is -0.0694. The molecule has 0 aromatic heterocycles. The van der Waals surface area contributed by atoms with Gasteiger partial charge < -0.3 is 15.2 Å². The van der Waals surface area contributed by atoms with E-state index in [0.29, 0.717) is 22.3 Å². The Hall–Kier alpha value is -1.26. The molecule has 0 fully saturated rings. The van der Waals surface area contributed by atoms with Crippen molar-refractivity contribution in [3.63, 3.8) is 0 Å². The number of nitrogens with one attached hydrogen (secondary N) is 1. The van der Waals surface area contributed by atoms with Gasteiger partial charge >= 0.3 is 0 Å². The van der Waals surface area contributed by atoms with Gasteiger partial charge in [-0.2, -0.15) is 0 Å². The number of hydrogen-bond acceptors (Lipinski definition) is 3. The van der Waals surface area contributed by atoms with Gasteiger partial charge in [0.1, 0.15) is 11.9 Å². The topological polar surface area (TPSA) is 41.5 Å². The number of aliphatic hydroxyl groups excluding tert-OH is 1. The molecule has 2 aromatic rings. The zero-order valence-electron chi connectivity index (χ0n) is 13.6. The van der Waals surface area contributed by atoms with Crippen molar-refractivity contribution in [3.8, 4) is 5.75 Å². The Kier molecular flexibility index (Phi) is 8.40. The summed E-state index contributed by atoms with van der Waals surface area (Å²) in [4.78, 5) is 0. The lowest BCUT2D eigenvalue weighted by molar-refractivity contribution is 0.190. The SMILES string of the molecule is OCCNCCCCC(Oc1cc(Cl)ccc1Cl)c1ccccc1. The molecule has 0 aliphatic heterocycles. The molecule has 0 aliphatic carbocycles. The molecule has 0 bridgehead atoms. The van der Waals surface area contributed by atoms with Gasteiger partial charge in [-0.3, -0.25) is 0 Å². The van der Waals surface area contributed by atoms with Gasteiger partial charge in [0.15, 0.2) is 0 Å². The van der Waals surface area contributed by atoms with E-state index in [1.807, 2.05) is 18.2 Å². The lowest BCUT2D eigenvalue weighted by Gasteiger charge is -2.20. The van der Waals surface area contributed by atoms with Gasteiger partial charge in [0.05, 0.1) is 11.6 Å². The normalized spacial score (nSPS) is 12.1. The third kappa shape index (κ3) is 6.33. The van der Waals surface area contributed by atoms with Gasteiger partial charge in [0, 0.05) is 17.6 Å². The minimum Gasteiger partial charge on any atom is -0.484 e. The lowest BCUT2D eigenvalue weighted by atomic mass is 10.0. The van der Waals surface area contributed by atoms with Crippen LogP contribution in [0.1, 0.15) is 30.9 Å². The van der Waals surface area contributed by atoms with Crippen molar-refractivity contribution < 1.29 is 9.84 Å². The number of unbranched alkanes of at least 4 members (excludes halogenated alkanes) is 1. The summed E-state index contributed by atoms with van der Waals surface area (Å²) in [6, 6.07) is 15.4. The third-order valence-corrected chi connectivity index (χ3v) is 4.24. The summed E-state index contributed by atoms with van der Waals surface area (Å²) < 4.78 is 6.16. The Morgan fingerprint density at radius 2 is 1.79 bits per heavy atom. The van der Waals surface area contributed by atoms with Crippen LogP contribution in [0.4, 0.5) is 0 Å². The smallest absolute Gasteiger partial charge is 0.140 e. The third-order valence-electron chi connectivity index (χ3n) is 3.69. The molecular weight excluding hydrogens is 345 g/mol. The molecular formula is C19H23Cl2NO2. The van der Waals surface area contributed by atoms with Crippen molar-refractivity contribution in [1.29, 1.82) is 0 Å². The molecule has 0 amide bonds. The largest absolute Gasteiger partial charge is 0.484 e. The molecule has 1 unspecified atom stereocenters. The Morgan fingerprint density at radius 1 is 1.00 bits per heavy atom. The molecule has 2 aromatic carbocycles. The fourth-order valence-electron chi connectivity index (χ4n) is 2.47. The number of rotatable bonds is 10. The molecule has 130 valence electrons. The summed E-state index contributed by atoms with van der Waals surface area (Å²) in [5.74, 6) is 0.608. The average molecular weight is 368 g/mol. The lowest BCUT2D eigenvalue weighted by Crippen LogP contribution is -2.19. The van der Waals surface area contributed by atoms with Crippen molar-refractivity contribution in [2.75, 3.05) is 19.7 Å². The Bertz CT molecular complexity index is 608. The summed E-state index contributed by atoms with van der Waals surface area (Å²) in [7, 11) is 0. The first-order valence-electron chi connectivity index (χ1n) is 8.19. The number of ether oxygens (including phenoxy) is 1. The predicted molar refractivity (Wildman–Crippen MR) is 100 cm³/mol. The van der Waals surface area contributed by atoms with Crippen LogP contribution in [-0.4, -0.2) is 24.8 Å². The first-order valence-corrected chi connectivity index (χ1v) is 8.94. The van der Waals surface area contributed by atoms with Crippen molar-refractivity contribution in [2.24, 2.45) is 0 Å².